The predicted molar refractivity (Wildman–Crippen MR) is 68.6 cm³/mol. The Labute approximate surface area is 113 Å². The number of carbonyl (C=O) groups excluding carboxylic acids is 1. The zero-order chi connectivity index (χ0) is 13.0. The van der Waals surface area contributed by atoms with Crippen LogP contribution in [0.15, 0.2) is 22.7 Å². The van der Waals surface area contributed by atoms with Crippen LogP contribution in [-0.2, 0) is 16.1 Å². The summed E-state index contributed by atoms with van der Waals surface area (Å²) in [6.45, 7) is 1.97. The Morgan fingerprint density at radius 3 is 3.06 bits per heavy atom. The average molecular weight is 317 g/mol. The molecule has 6 heteroatoms. The Balaban J connectivity index is 1.88. The molecule has 1 saturated heterocycles. The third-order valence-electron chi connectivity index (χ3n) is 2.63. The van der Waals surface area contributed by atoms with E-state index in [-0.39, 0.29) is 17.8 Å². The van der Waals surface area contributed by atoms with Crippen LogP contribution in [0.5, 0.6) is 0 Å². The monoisotopic (exact) mass is 316 g/mol. The van der Waals surface area contributed by atoms with Crippen molar-refractivity contribution in [3.05, 3.63) is 34.1 Å². The van der Waals surface area contributed by atoms with Crippen LogP contribution in [0.3, 0.4) is 0 Å². The molecule has 0 aromatic heterocycles. The second kappa shape index (κ2) is 6.26. The topological polar surface area (TPSA) is 50.4 Å². The number of rotatable bonds is 3. The summed E-state index contributed by atoms with van der Waals surface area (Å²) in [4.78, 5) is 11.8. The molecule has 1 aromatic rings. The van der Waals surface area contributed by atoms with Crippen molar-refractivity contribution in [2.24, 2.45) is 0 Å². The molecular formula is C12H14BrFN2O2. The molecular weight excluding hydrogens is 303 g/mol. The fraction of sp³-hybridized carbons (Fsp3) is 0.417. The Morgan fingerprint density at radius 1 is 1.56 bits per heavy atom. The summed E-state index contributed by atoms with van der Waals surface area (Å²) in [5, 5.41) is 5.81. The molecule has 0 radical (unpaired) electrons. The van der Waals surface area contributed by atoms with Crippen molar-refractivity contribution in [3.8, 4) is 0 Å². The van der Waals surface area contributed by atoms with Crippen LogP contribution >= 0.6 is 15.9 Å². The van der Waals surface area contributed by atoms with Gasteiger partial charge in [0.05, 0.1) is 13.2 Å². The van der Waals surface area contributed by atoms with Crippen LogP contribution in [0.4, 0.5) is 4.39 Å². The minimum Gasteiger partial charge on any atom is -0.378 e. The van der Waals surface area contributed by atoms with E-state index in [9.17, 15) is 9.18 Å². The van der Waals surface area contributed by atoms with Gasteiger partial charge in [-0.25, -0.2) is 4.39 Å². The second-order valence-electron chi connectivity index (χ2n) is 4.08. The molecule has 4 nitrogen and oxygen atoms in total. The number of halogens is 2. The van der Waals surface area contributed by atoms with Gasteiger partial charge in [0.2, 0.25) is 5.91 Å². The maximum absolute atomic E-state index is 13.1. The lowest BCUT2D eigenvalue weighted by Gasteiger charge is -2.22. The third-order valence-corrected chi connectivity index (χ3v) is 3.09. The summed E-state index contributed by atoms with van der Waals surface area (Å²) < 4.78 is 19.0. The van der Waals surface area contributed by atoms with Crippen LogP contribution in [0.2, 0.25) is 0 Å². The van der Waals surface area contributed by atoms with Crippen molar-refractivity contribution in [2.45, 2.75) is 12.6 Å². The molecule has 1 fully saturated rings. The Hall–Kier alpha value is -0.980. The van der Waals surface area contributed by atoms with Crippen molar-refractivity contribution in [3.63, 3.8) is 0 Å². The van der Waals surface area contributed by atoms with Crippen LogP contribution in [-0.4, -0.2) is 31.7 Å². The molecule has 98 valence electrons. The highest BCUT2D eigenvalue weighted by atomic mass is 79.9. The molecule has 1 aromatic carbocycles. The average Bonchev–Trinajstić information content (AvgIpc) is 2.36. The normalized spacial score (nSPS) is 19.6. The molecule has 1 aliphatic rings. The first-order valence-electron chi connectivity index (χ1n) is 5.69. The van der Waals surface area contributed by atoms with Crippen molar-refractivity contribution < 1.29 is 13.9 Å². The van der Waals surface area contributed by atoms with E-state index in [4.69, 9.17) is 4.74 Å². The lowest BCUT2D eigenvalue weighted by atomic mass is 10.2. The fourth-order valence-electron chi connectivity index (χ4n) is 1.76. The molecule has 0 aliphatic carbocycles. The summed E-state index contributed by atoms with van der Waals surface area (Å²) in [5.41, 5.74) is 0.715. The highest BCUT2D eigenvalue weighted by Crippen LogP contribution is 2.14. The van der Waals surface area contributed by atoms with E-state index in [1.807, 2.05) is 0 Å². The SMILES string of the molecule is O=C(NCc1cc(F)cc(Br)c1)[C@@H]1COCCN1. The Morgan fingerprint density at radius 2 is 2.39 bits per heavy atom. The van der Waals surface area contributed by atoms with E-state index in [0.29, 0.717) is 36.3 Å². The molecule has 2 N–H and O–H groups in total. The van der Waals surface area contributed by atoms with Gasteiger partial charge in [0.1, 0.15) is 11.9 Å². The van der Waals surface area contributed by atoms with Crippen molar-refractivity contribution in [2.75, 3.05) is 19.8 Å². The molecule has 18 heavy (non-hydrogen) atoms. The van der Waals surface area contributed by atoms with Gasteiger partial charge >= 0.3 is 0 Å². The van der Waals surface area contributed by atoms with E-state index in [1.165, 1.54) is 12.1 Å². The van der Waals surface area contributed by atoms with Gasteiger partial charge < -0.3 is 15.4 Å². The van der Waals surface area contributed by atoms with E-state index in [0.717, 1.165) is 0 Å². The number of hydrogen-bond donors (Lipinski definition) is 2. The lowest BCUT2D eigenvalue weighted by molar-refractivity contribution is -0.126. The predicted octanol–water partition coefficient (Wildman–Crippen LogP) is 1.19. The first-order chi connectivity index (χ1) is 8.65. The molecule has 0 unspecified atom stereocenters. The van der Waals surface area contributed by atoms with Crippen LogP contribution < -0.4 is 10.6 Å². The standard InChI is InChI=1S/C12H14BrFN2O2/c13-9-3-8(4-10(14)5-9)6-16-12(17)11-7-18-2-1-15-11/h3-5,11,15H,1-2,6-7H2,(H,16,17)/t11-/m0/s1. The largest absolute Gasteiger partial charge is 0.378 e. The first kappa shape index (κ1) is 13.5. The number of morpholine rings is 1. The summed E-state index contributed by atoms with van der Waals surface area (Å²) in [5.74, 6) is -0.456. The zero-order valence-electron chi connectivity index (χ0n) is 9.71. The maximum atomic E-state index is 13.1. The minimum absolute atomic E-state index is 0.130. The number of benzene rings is 1. The van der Waals surface area contributed by atoms with E-state index in [1.54, 1.807) is 6.07 Å². The van der Waals surface area contributed by atoms with Gasteiger partial charge in [0, 0.05) is 17.6 Å². The zero-order valence-corrected chi connectivity index (χ0v) is 11.3. The number of amides is 1. The molecule has 0 spiro atoms. The van der Waals surface area contributed by atoms with Gasteiger partial charge in [-0.1, -0.05) is 15.9 Å². The van der Waals surface area contributed by atoms with Gasteiger partial charge in [-0.2, -0.15) is 0 Å². The molecule has 2 rings (SSSR count). The first-order valence-corrected chi connectivity index (χ1v) is 6.48. The van der Waals surface area contributed by atoms with Crippen LogP contribution in [0.25, 0.3) is 0 Å². The van der Waals surface area contributed by atoms with Gasteiger partial charge in [-0.05, 0) is 23.8 Å². The summed E-state index contributed by atoms with van der Waals surface area (Å²) in [6.07, 6.45) is 0. The molecule has 0 bridgehead atoms. The molecule has 1 aliphatic heterocycles. The van der Waals surface area contributed by atoms with Crippen LogP contribution in [0.1, 0.15) is 5.56 Å². The van der Waals surface area contributed by atoms with Crippen molar-refractivity contribution >= 4 is 21.8 Å². The van der Waals surface area contributed by atoms with Gasteiger partial charge in [-0.15, -0.1) is 0 Å². The van der Waals surface area contributed by atoms with E-state index >= 15 is 0 Å². The summed E-state index contributed by atoms with van der Waals surface area (Å²) in [7, 11) is 0. The summed E-state index contributed by atoms with van der Waals surface area (Å²) >= 11 is 3.21. The van der Waals surface area contributed by atoms with Crippen molar-refractivity contribution in [1.29, 1.82) is 0 Å². The van der Waals surface area contributed by atoms with Gasteiger partial charge in [-0.3, -0.25) is 4.79 Å². The highest BCUT2D eigenvalue weighted by molar-refractivity contribution is 9.10. The highest BCUT2D eigenvalue weighted by Gasteiger charge is 2.20. The maximum Gasteiger partial charge on any atom is 0.239 e. The second-order valence-corrected chi connectivity index (χ2v) is 4.99. The third kappa shape index (κ3) is 3.76. The lowest BCUT2D eigenvalue weighted by Crippen LogP contribution is -2.51. The smallest absolute Gasteiger partial charge is 0.239 e. The number of carbonyl (C=O) groups is 1. The molecule has 1 heterocycles. The summed E-state index contributed by atoms with van der Waals surface area (Å²) in [6, 6.07) is 4.22. The molecule has 1 amide bonds. The van der Waals surface area contributed by atoms with Crippen LogP contribution in [0, 0.1) is 5.82 Å². The van der Waals surface area contributed by atoms with E-state index < -0.39 is 0 Å². The van der Waals surface area contributed by atoms with E-state index in [2.05, 4.69) is 26.6 Å². The Bertz CT molecular complexity index is 416. The van der Waals surface area contributed by atoms with Crippen molar-refractivity contribution in [1.82, 2.24) is 10.6 Å². The molecule has 1 atom stereocenters. The van der Waals surface area contributed by atoms with Gasteiger partial charge in [0.25, 0.3) is 0 Å². The number of ether oxygens (including phenoxy) is 1. The van der Waals surface area contributed by atoms with Gasteiger partial charge in [0.15, 0.2) is 0 Å². The minimum atomic E-state index is -0.326. The fourth-order valence-corrected chi connectivity index (χ4v) is 2.27. The number of nitrogens with one attached hydrogen (secondary N) is 2. The molecule has 0 saturated carbocycles. The number of hydrogen-bond acceptors (Lipinski definition) is 3. The quantitative estimate of drug-likeness (QED) is 0.881. The Kier molecular flexibility index (Phi) is 4.68.